The SMILES string of the molecule is Cc1ccc2cc(NCBr)ccc2c1. The number of hydrogen-bond acceptors (Lipinski definition) is 1. The molecule has 0 amide bonds. The minimum Gasteiger partial charge on any atom is -0.375 e. The van der Waals surface area contributed by atoms with Crippen LogP contribution in [-0.2, 0) is 0 Å². The molecule has 14 heavy (non-hydrogen) atoms. The molecule has 0 saturated heterocycles. The van der Waals surface area contributed by atoms with Gasteiger partial charge in [0.1, 0.15) is 0 Å². The van der Waals surface area contributed by atoms with E-state index in [4.69, 9.17) is 0 Å². The summed E-state index contributed by atoms with van der Waals surface area (Å²) in [5.41, 5.74) is 3.24. The van der Waals surface area contributed by atoms with Gasteiger partial charge in [0.2, 0.25) is 0 Å². The zero-order valence-corrected chi connectivity index (χ0v) is 9.64. The van der Waals surface area contributed by atoms with Crippen LogP contribution < -0.4 is 5.32 Å². The maximum atomic E-state index is 3.35. The van der Waals surface area contributed by atoms with Crippen molar-refractivity contribution in [1.82, 2.24) is 0 Å². The lowest BCUT2D eigenvalue weighted by Gasteiger charge is -2.04. The molecule has 2 aromatic carbocycles. The summed E-state index contributed by atoms with van der Waals surface area (Å²) in [6, 6.07) is 12.9. The van der Waals surface area contributed by atoms with Crippen LogP contribution in [0, 0.1) is 6.92 Å². The molecule has 0 aliphatic heterocycles. The first-order valence-electron chi connectivity index (χ1n) is 4.60. The van der Waals surface area contributed by atoms with E-state index >= 15 is 0 Å². The maximum absolute atomic E-state index is 3.35. The minimum absolute atomic E-state index is 0.782. The first-order chi connectivity index (χ1) is 6.79. The number of benzene rings is 2. The van der Waals surface area contributed by atoms with Crippen LogP contribution >= 0.6 is 15.9 Å². The Kier molecular flexibility index (Phi) is 2.73. The minimum atomic E-state index is 0.782. The molecule has 0 radical (unpaired) electrons. The molecule has 0 heterocycles. The van der Waals surface area contributed by atoms with Crippen LogP contribution in [0.25, 0.3) is 10.8 Å². The summed E-state index contributed by atoms with van der Waals surface area (Å²) in [7, 11) is 0. The zero-order valence-electron chi connectivity index (χ0n) is 8.05. The molecule has 0 atom stereocenters. The zero-order chi connectivity index (χ0) is 9.97. The monoisotopic (exact) mass is 249 g/mol. The fourth-order valence-electron chi connectivity index (χ4n) is 1.55. The number of rotatable bonds is 2. The molecule has 0 spiro atoms. The Morgan fingerprint density at radius 3 is 2.57 bits per heavy atom. The van der Waals surface area contributed by atoms with Crippen LogP contribution in [0.1, 0.15) is 5.56 Å². The molecule has 0 bridgehead atoms. The fraction of sp³-hybridized carbons (Fsp3) is 0.167. The van der Waals surface area contributed by atoms with Crippen molar-refractivity contribution in [3.63, 3.8) is 0 Å². The van der Waals surface area contributed by atoms with Gasteiger partial charge in [0, 0.05) is 5.69 Å². The number of nitrogens with one attached hydrogen (secondary N) is 1. The molecule has 72 valence electrons. The molecule has 0 aromatic heterocycles. The highest BCUT2D eigenvalue weighted by molar-refractivity contribution is 9.09. The summed E-state index contributed by atoms with van der Waals surface area (Å²) in [6.07, 6.45) is 0. The predicted molar refractivity (Wildman–Crippen MR) is 66.1 cm³/mol. The number of halogens is 1. The van der Waals surface area contributed by atoms with E-state index in [0.717, 1.165) is 11.1 Å². The van der Waals surface area contributed by atoms with Crippen LogP contribution in [0.2, 0.25) is 0 Å². The van der Waals surface area contributed by atoms with Gasteiger partial charge in [-0.25, -0.2) is 0 Å². The van der Waals surface area contributed by atoms with Crippen molar-refractivity contribution in [2.75, 3.05) is 10.8 Å². The Bertz CT molecular complexity index is 451. The molecule has 0 unspecified atom stereocenters. The van der Waals surface area contributed by atoms with E-state index in [-0.39, 0.29) is 0 Å². The van der Waals surface area contributed by atoms with E-state index in [9.17, 15) is 0 Å². The third kappa shape index (κ3) is 1.90. The van der Waals surface area contributed by atoms with E-state index in [0.29, 0.717) is 0 Å². The molecule has 0 aliphatic carbocycles. The molecule has 2 aromatic rings. The highest BCUT2D eigenvalue weighted by atomic mass is 79.9. The van der Waals surface area contributed by atoms with Gasteiger partial charge >= 0.3 is 0 Å². The highest BCUT2D eigenvalue weighted by Crippen LogP contribution is 2.20. The number of aryl methyl sites for hydroxylation is 1. The Balaban J connectivity index is 2.50. The van der Waals surface area contributed by atoms with E-state index in [1.165, 1.54) is 16.3 Å². The third-order valence-electron chi connectivity index (χ3n) is 2.27. The van der Waals surface area contributed by atoms with Crippen molar-refractivity contribution in [3.05, 3.63) is 42.0 Å². The Morgan fingerprint density at radius 1 is 1.07 bits per heavy atom. The number of anilines is 1. The van der Waals surface area contributed by atoms with Gasteiger partial charge in [-0.15, -0.1) is 0 Å². The van der Waals surface area contributed by atoms with Crippen LogP contribution in [-0.4, -0.2) is 5.45 Å². The normalized spacial score (nSPS) is 10.4. The van der Waals surface area contributed by atoms with Crippen LogP contribution in [0.4, 0.5) is 5.69 Å². The molecule has 1 nitrogen and oxygen atoms in total. The molecule has 1 N–H and O–H groups in total. The molecule has 0 aliphatic rings. The largest absolute Gasteiger partial charge is 0.375 e. The summed E-state index contributed by atoms with van der Waals surface area (Å²) in [4.78, 5) is 0. The van der Waals surface area contributed by atoms with E-state index in [1.807, 2.05) is 0 Å². The Hall–Kier alpha value is -1.02. The van der Waals surface area contributed by atoms with Crippen molar-refractivity contribution in [2.45, 2.75) is 6.92 Å². The number of fused-ring (bicyclic) bond motifs is 1. The standard InChI is InChI=1S/C12H12BrN/c1-9-2-3-11-7-12(14-8-13)5-4-10(11)6-9/h2-7,14H,8H2,1H3. The highest BCUT2D eigenvalue weighted by Gasteiger charge is 1.95. The van der Waals surface area contributed by atoms with Gasteiger partial charge in [-0.3, -0.25) is 0 Å². The quantitative estimate of drug-likeness (QED) is 0.629. The fourth-order valence-corrected chi connectivity index (χ4v) is 1.88. The molecular weight excluding hydrogens is 238 g/mol. The third-order valence-corrected chi connectivity index (χ3v) is 2.55. The van der Waals surface area contributed by atoms with Gasteiger partial charge in [-0.1, -0.05) is 45.8 Å². The lowest BCUT2D eigenvalue weighted by atomic mass is 10.1. The summed E-state index contributed by atoms with van der Waals surface area (Å²) in [5, 5.41) is 5.81. The molecule has 0 saturated carbocycles. The Labute approximate surface area is 92.3 Å². The smallest absolute Gasteiger partial charge is 0.0707 e. The first-order valence-corrected chi connectivity index (χ1v) is 5.72. The second-order valence-corrected chi connectivity index (χ2v) is 3.94. The number of alkyl halides is 1. The Morgan fingerprint density at radius 2 is 1.79 bits per heavy atom. The molecule has 2 heteroatoms. The molecular formula is C12H12BrN. The van der Waals surface area contributed by atoms with Gasteiger partial charge in [-0.05, 0) is 29.8 Å². The predicted octanol–water partition coefficient (Wildman–Crippen LogP) is 3.91. The first kappa shape index (κ1) is 9.53. The van der Waals surface area contributed by atoms with Gasteiger partial charge < -0.3 is 5.32 Å². The van der Waals surface area contributed by atoms with Gasteiger partial charge in [0.05, 0.1) is 5.45 Å². The summed E-state index contributed by atoms with van der Waals surface area (Å²) >= 11 is 3.35. The van der Waals surface area contributed by atoms with Crippen LogP contribution in [0.15, 0.2) is 36.4 Å². The maximum Gasteiger partial charge on any atom is 0.0707 e. The second kappa shape index (κ2) is 4.01. The van der Waals surface area contributed by atoms with E-state index in [2.05, 4.69) is 64.6 Å². The lowest BCUT2D eigenvalue weighted by molar-refractivity contribution is 1.48. The van der Waals surface area contributed by atoms with E-state index < -0.39 is 0 Å². The lowest BCUT2D eigenvalue weighted by Crippen LogP contribution is -1.92. The summed E-state index contributed by atoms with van der Waals surface area (Å²) < 4.78 is 0. The average Bonchev–Trinajstić information content (AvgIpc) is 2.19. The summed E-state index contributed by atoms with van der Waals surface area (Å²) in [5.74, 6) is 0. The number of hydrogen-bond donors (Lipinski definition) is 1. The van der Waals surface area contributed by atoms with Crippen molar-refractivity contribution in [1.29, 1.82) is 0 Å². The topological polar surface area (TPSA) is 12.0 Å². The van der Waals surface area contributed by atoms with Gasteiger partial charge in [0.15, 0.2) is 0 Å². The van der Waals surface area contributed by atoms with Crippen molar-refractivity contribution in [3.8, 4) is 0 Å². The van der Waals surface area contributed by atoms with Gasteiger partial charge in [0.25, 0.3) is 0 Å². The average molecular weight is 250 g/mol. The molecule has 2 rings (SSSR count). The summed E-state index contributed by atoms with van der Waals surface area (Å²) in [6.45, 7) is 2.12. The van der Waals surface area contributed by atoms with Crippen LogP contribution in [0.5, 0.6) is 0 Å². The van der Waals surface area contributed by atoms with Crippen molar-refractivity contribution in [2.24, 2.45) is 0 Å². The van der Waals surface area contributed by atoms with E-state index in [1.54, 1.807) is 0 Å². The second-order valence-electron chi connectivity index (χ2n) is 3.38. The molecule has 0 fully saturated rings. The van der Waals surface area contributed by atoms with Crippen molar-refractivity contribution < 1.29 is 0 Å². The van der Waals surface area contributed by atoms with Crippen molar-refractivity contribution >= 4 is 32.4 Å². The van der Waals surface area contributed by atoms with Gasteiger partial charge in [-0.2, -0.15) is 0 Å². The van der Waals surface area contributed by atoms with Crippen LogP contribution in [0.3, 0.4) is 0 Å².